The number of benzene rings is 2. The molecule has 0 bridgehead atoms. The number of halogens is 1. The maximum absolute atomic E-state index is 12.8. The van der Waals surface area contributed by atoms with E-state index in [9.17, 15) is 8.42 Å². The van der Waals surface area contributed by atoms with E-state index in [1.807, 2.05) is 18.3 Å². The van der Waals surface area contributed by atoms with Crippen LogP contribution in [0.5, 0.6) is 0 Å². The van der Waals surface area contributed by atoms with Crippen molar-refractivity contribution in [2.24, 2.45) is 0 Å². The Hall–Kier alpha value is -1.86. The number of fused-ring (bicyclic) bond motifs is 1. The molecule has 4 rings (SSSR count). The van der Waals surface area contributed by atoms with Gasteiger partial charge in [0.15, 0.2) is 0 Å². The Bertz CT molecular complexity index is 1020. The minimum absolute atomic E-state index is 0.187. The van der Waals surface area contributed by atoms with Crippen molar-refractivity contribution in [3.63, 3.8) is 0 Å². The summed E-state index contributed by atoms with van der Waals surface area (Å²) in [4.78, 5) is 5.76. The van der Waals surface area contributed by atoms with Gasteiger partial charge in [-0.1, -0.05) is 41.9 Å². The molecular formula is C19H20ClN3O2S. The highest BCUT2D eigenvalue weighted by Crippen LogP contribution is 2.26. The number of sulfonamides is 1. The average molecular weight is 390 g/mol. The van der Waals surface area contributed by atoms with Gasteiger partial charge in [0.2, 0.25) is 10.0 Å². The van der Waals surface area contributed by atoms with Crippen LogP contribution in [-0.4, -0.2) is 48.8 Å². The molecule has 0 unspecified atom stereocenters. The van der Waals surface area contributed by atoms with Crippen LogP contribution in [-0.2, 0) is 16.6 Å². The summed E-state index contributed by atoms with van der Waals surface area (Å²) in [5.74, 6) is 0. The first-order valence-electron chi connectivity index (χ1n) is 8.58. The zero-order chi connectivity index (χ0) is 18.1. The van der Waals surface area contributed by atoms with Crippen LogP contribution in [0, 0.1) is 0 Å². The molecule has 1 aromatic heterocycles. The molecule has 2 heterocycles. The summed E-state index contributed by atoms with van der Waals surface area (Å²) in [7, 11) is -3.54. The number of aromatic amines is 1. The Labute approximate surface area is 158 Å². The molecule has 1 fully saturated rings. The number of hydrogen-bond donors (Lipinski definition) is 1. The Kier molecular flexibility index (Phi) is 4.75. The van der Waals surface area contributed by atoms with Crippen LogP contribution in [0.4, 0.5) is 0 Å². The third kappa shape index (κ3) is 3.25. The number of para-hydroxylation sites is 1. The topological polar surface area (TPSA) is 56.4 Å². The number of rotatable bonds is 4. The number of nitrogens with one attached hydrogen (secondary N) is 1. The fourth-order valence-electron chi connectivity index (χ4n) is 3.42. The first kappa shape index (κ1) is 17.5. The average Bonchev–Trinajstić information content (AvgIpc) is 3.05. The first-order valence-corrected chi connectivity index (χ1v) is 10.4. The Morgan fingerprint density at radius 3 is 2.42 bits per heavy atom. The summed E-state index contributed by atoms with van der Waals surface area (Å²) in [6.45, 7) is 3.14. The molecule has 0 aliphatic carbocycles. The van der Waals surface area contributed by atoms with Crippen molar-refractivity contribution in [3.8, 4) is 0 Å². The monoisotopic (exact) mass is 389 g/mol. The standard InChI is InChI=1S/C19H20ClN3O2S/c20-17-6-2-4-8-19(17)26(24,25)23-11-9-22(10-12-23)14-15-13-21-18-7-3-1-5-16(15)18/h1-8,13,21H,9-12,14H2. The Morgan fingerprint density at radius 1 is 0.962 bits per heavy atom. The van der Waals surface area contributed by atoms with E-state index in [-0.39, 0.29) is 9.92 Å². The lowest BCUT2D eigenvalue weighted by molar-refractivity contribution is 0.182. The van der Waals surface area contributed by atoms with Crippen molar-refractivity contribution in [2.45, 2.75) is 11.4 Å². The number of nitrogens with zero attached hydrogens (tertiary/aromatic N) is 2. The van der Waals surface area contributed by atoms with Gasteiger partial charge in [-0.25, -0.2) is 8.42 Å². The van der Waals surface area contributed by atoms with Gasteiger partial charge in [-0.05, 0) is 23.8 Å². The van der Waals surface area contributed by atoms with E-state index >= 15 is 0 Å². The molecule has 1 N–H and O–H groups in total. The van der Waals surface area contributed by atoms with E-state index in [2.05, 4.69) is 22.0 Å². The molecule has 1 aliphatic heterocycles. The van der Waals surface area contributed by atoms with Crippen molar-refractivity contribution in [1.82, 2.24) is 14.2 Å². The van der Waals surface area contributed by atoms with Crippen molar-refractivity contribution in [1.29, 1.82) is 0 Å². The number of piperazine rings is 1. The quantitative estimate of drug-likeness (QED) is 0.744. The third-order valence-corrected chi connectivity index (χ3v) is 7.25. The van der Waals surface area contributed by atoms with E-state index in [1.165, 1.54) is 15.3 Å². The van der Waals surface area contributed by atoms with E-state index < -0.39 is 10.0 Å². The van der Waals surface area contributed by atoms with Crippen LogP contribution in [0.3, 0.4) is 0 Å². The maximum Gasteiger partial charge on any atom is 0.244 e. The Morgan fingerprint density at radius 2 is 1.65 bits per heavy atom. The van der Waals surface area contributed by atoms with Crippen molar-refractivity contribution >= 4 is 32.5 Å². The van der Waals surface area contributed by atoms with Gasteiger partial charge in [0.05, 0.1) is 5.02 Å². The summed E-state index contributed by atoms with van der Waals surface area (Å²) in [5, 5.41) is 1.49. The molecule has 0 radical (unpaired) electrons. The molecule has 3 aromatic rings. The summed E-state index contributed by atoms with van der Waals surface area (Å²) in [6, 6.07) is 14.8. The van der Waals surface area contributed by atoms with Gasteiger partial charge >= 0.3 is 0 Å². The number of aromatic nitrogens is 1. The summed E-state index contributed by atoms with van der Waals surface area (Å²) >= 11 is 6.09. The predicted octanol–water partition coefficient (Wildman–Crippen LogP) is 3.33. The molecule has 2 aromatic carbocycles. The maximum atomic E-state index is 12.8. The Balaban J connectivity index is 1.45. The summed E-state index contributed by atoms with van der Waals surface area (Å²) in [6.07, 6.45) is 2.04. The van der Waals surface area contributed by atoms with Crippen LogP contribution >= 0.6 is 11.6 Å². The third-order valence-electron chi connectivity index (χ3n) is 4.85. The van der Waals surface area contributed by atoms with Gasteiger partial charge in [0.25, 0.3) is 0 Å². The van der Waals surface area contributed by atoms with Crippen LogP contribution in [0.25, 0.3) is 10.9 Å². The summed E-state index contributed by atoms with van der Waals surface area (Å²) in [5.41, 5.74) is 2.37. The molecule has 1 saturated heterocycles. The van der Waals surface area contributed by atoms with Gasteiger partial charge in [0, 0.05) is 49.8 Å². The molecule has 0 amide bonds. The largest absolute Gasteiger partial charge is 0.361 e. The first-order chi connectivity index (χ1) is 12.6. The highest BCUT2D eigenvalue weighted by molar-refractivity contribution is 7.89. The highest BCUT2D eigenvalue weighted by Gasteiger charge is 2.30. The van der Waals surface area contributed by atoms with E-state index in [1.54, 1.807) is 24.3 Å². The molecule has 7 heteroatoms. The second kappa shape index (κ2) is 7.04. The lowest BCUT2D eigenvalue weighted by Gasteiger charge is -2.34. The minimum atomic E-state index is -3.54. The van der Waals surface area contributed by atoms with Gasteiger partial charge in [0.1, 0.15) is 4.90 Å². The fourth-order valence-corrected chi connectivity index (χ4v) is 5.34. The molecule has 26 heavy (non-hydrogen) atoms. The highest BCUT2D eigenvalue weighted by atomic mass is 35.5. The van der Waals surface area contributed by atoms with Gasteiger partial charge in [-0.2, -0.15) is 4.31 Å². The zero-order valence-corrected chi connectivity index (χ0v) is 15.8. The van der Waals surface area contributed by atoms with Crippen molar-refractivity contribution < 1.29 is 8.42 Å². The summed E-state index contributed by atoms with van der Waals surface area (Å²) < 4.78 is 27.2. The molecule has 1 aliphatic rings. The van der Waals surface area contributed by atoms with Crippen LogP contribution in [0.15, 0.2) is 59.6 Å². The molecular weight excluding hydrogens is 370 g/mol. The number of hydrogen-bond acceptors (Lipinski definition) is 3. The van der Waals surface area contributed by atoms with Crippen molar-refractivity contribution in [2.75, 3.05) is 26.2 Å². The molecule has 136 valence electrons. The molecule has 0 atom stereocenters. The molecule has 0 saturated carbocycles. The van der Waals surface area contributed by atoms with Crippen LogP contribution in [0.2, 0.25) is 5.02 Å². The van der Waals surface area contributed by atoms with Gasteiger partial charge in [-0.15, -0.1) is 0 Å². The van der Waals surface area contributed by atoms with Crippen molar-refractivity contribution in [3.05, 3.63) is 65.3 Å². The van der Waals surface area contributed by atoms with E-state index in [0.29, 0.717) is 26.2 Å². The second-order valence-corrected chi connectivity index (χ2v) is 8.78. The van der Waals surface area contributed by atoms with Gasteiger partial charge in [-0.3, -0.25) is 4.90 Å². The lowest BCUT2D eigenvalue weighted by atomic mass is 10.1. The number of H-pyrrole nitrogens is 1. The van der Waals surface area contributed by atoms with E-state index in [4.69, 9.17) is 11.6 Å². The normalized spacial score (nSPS) is 17.0. The van der Waals surface area contributed by atoms with Crippen LogP contribution < -0.4 is 0 Å². The molecule has 5 nitrogen and oxygen atoms in total. The van der Waals surface area contributed by atoms with E-state index in [0.717, 1.165) is 12.1 Å². The fraction of sp³-hybridized carbons (Fsp3) is 0.263. The smallest absolute Gasteiger partial charge is 0.244 e. The van der Waals surface area contributed by atoms with Crippen LogP contribution in [0.1, 0.15) is 5.56 Å². The van der Waals surface area contributed by atoms with Gasteiger partial charge < -0.3 is 4.98 Å². The minimum Gasteiger partial charge on any atom is -0.361 e. The molecule has 0 spiro atoms. The lowest BCUT2D eigenvalue weighted by Crippen LogP contribution is -2.48. The SMILES string of the molecule is O=S(=O)(c1ccccc1Cl)N1CCN(Cc2c[nH]c3ccccc23)CC1. The zero-order valence-electron chi connectivity index (χ0n) is 14.2. The predicted molar refractivity (Wildman–Crippen MR) is 104 cm³/mol. The second-order valence-electron chi connectivity index (χ2n) is 6.47.